The van der Waals surface area contributed by atoms with E-state index in [0.717, 1.165) is 41.4 Å². The van der Waals surface area contributed by atoms with Crippen molar-refractivity contribution in [2.24, 2.45) is 52.8 Å². The van der Waals surface area contributed by atoms with Crippen LogP contribution in [0.2, 0.25) is 0 Å². The Bertz CT molecular complexity index is 637. The summed E-state index contributed by atoms with van der Waals surface area (Å²) in [4.78, 5) is 0. The Morgan fingerprint density at radius 3 is 2.87 bits per heavy atom. The Hall–Kier alpha value is -1.03. The van der Waals surface area contributed by atoms with E-state index in [9.17, 15) is 5.26 Å². The number of hydrogen-bond donors (Lipinski definition) is 0. The first-order chi connectivity index (χ1) is 11.0. The van der Waals surface area contributed by atoms with Crippen molar-refractivity contribution in [3.8, 4) is 6.07 Å². The summed E-state index contributed by atoms with van der Waals surface area (Å²) in [6.07, 6.45) is 10.3. The predicted octanol–water partition coefficient (Wildman–Crippen LogP) is 5.36. The second kappa shape index (κ2) is 4.53. The molecule has 0 bridgehead atoms. The summed E-state index contributed by atoms with van der Waals surface area (Å²) in [5, 5.41) is 9.78. The maximum atomic E-state index is 9.78. The van der Waals surface area contributed by atoms with Crippen molar-refractivity contribution in [3.63, 3.8) is 0 Å². The van der Waals surface area contributed by atoms with Gasteiger partial charge in [0.05, 0.1) is 12.0 Å². The normalized spacial score (nSPS) is 56.6. The lowest BCUT2D eigenvalue weighted by Gasteiger charge is -2.56. The SMILES string of the molecule is C=C1C=C2CC(C)C3C(CCC4(C)C(C#N)C5CC5C34)C2CC1. The molecule has 1 nitrogen and oxygen atoms in total. The van der Waals surface area contributed by atoms with Gasteiger partial charge in [0.2, 0.25) is 0 Å². The number of nitriles is 1. The third kappa shape index (κ3) is 1.73. The van der Waals surface area contributed by atoms with E-state index in [-0.39, 0.29) is 0 Å². The van der Waals surface area contributed by atoms with Gasteiger partial charge in [-0.25, -0.2) is 0 Å². The summed E-state index contributed by atoms with van der Waals surface area (Å²) >= 11 is 0. The molecule has 0 amide bonds. The van der Waals surface area contributed by atoms with Crippen molar-refractivity contribution >= 4 is 0 Å². The first-order valence-electron chi connectivity index (χ1n) is 9.82. The van der Waals surface area contributed by atoms with E-state index in [4.69, 9.17) is 0 Å². The van der Waals surface area contributed by atoms with Gasteiger partial charge in [-0.2, -0.15) is 5.26 Å². The van der Waals surface area contributed by atoms with Crippen LogP contribution in [0.3, 0.4) is 0 Å². The molecule has 0 saturated heterocycles. The Kier molecular flexibility index (Phi) is 2.82. The maximum Gasteiger partial charge on any atom is 0.0664 e. The molecule has 0 spiro atoms. The van der Waals surface area contributed by atoms with Crippen LogP contribution in [0.5, 0.6) is 0 Å². The van der Waals surface area contributed by atoms with Crippen molar-refractivity contribution in [1.29, 1.82) is 5.26 Å². The van der Waals surface area contributed by atoms with Crippen molar-refractivity contribution in [3.05, 3.63) is 23.8 Å². The van der Waals surface area contributed by atoms with Crippen molar-refractivity contribution in [1.82, 2.24) is 0 Å². The highest BCUT2D eigenvalue weighted by Gasteiger charge is 2.70. The van der Waals surface area contributed by atoms with Gasteiger partial charge in [0.25, 0.3) is 0 Å². The lowest BCUT2D eigenvalue weighted by molar-refractivity contribution is -0.0533. The minimum atomic E-state index is 0.331. The lowest BCUT2D eigenvalue weighted by atomic mass is 9.48. The zero-order valence-corrected chi connectivity index (χ0v) is 14.6. The predicted molar refractivity (Wildman–Crippen MR) is 92.2 cm³/mol. The van der Waals surface area contributed by atoms with E-state index < -0.39 is 0 Å². The topological polar surface area (TPSA) is 23.8 Å². The van der Waals surface area contributed by atoms with E-state index in [1.807, 2.05) is 0 Å². The smallest absolute Gasteiger partial charge is 0.0664 e. The zero-order valence-electron chi connectivity index (χ0n) is 14.6. The van der Waals surface area contributed by atoms with Crippen LogP contribution in [0.15, 0.2) is 23.8 Å². The van der Waals surface area contributed by atoms with Crippen LogP contribution in [0.4, 0.5) is 0 Å². The van der Waals surface area contributed by atoms with Crippen molar-refractivity contribution in [2.75, 3.05) is 0 Å². The second-order valence-corrected chi connectivity index (χ2v) is 9.69. The minimum absolute atomic E-state index is 0.331. The number of nitrogens with zero attached hydrogens (tertiary/aromatic N) is 1. The van der Waals surface area contributed by atoms with Crippen LogP contribution in [0.25, 0.3) is 0 Å². The standard InChI is InChI=1S/C22H29N/c1-12-4-5-15-14(8-12)9-13(2)20-16(15)6-7-22(3)19(11-23)17-10-18(17)21(20)22/h8,13,15-21H,1,4-7,9-10H2,2-3H3. The zero-order chi connectivity index (χ0) is 15.9. The molecule has 4 fully saturated rings. The third-order valence-corrected chi connectivity index (χ3v) is 8.69. The fraction of sp³-hybridized carbons (Fsp3) is 0.773. The van der Waals surface area contributed by atoms with E-state index in [2.05, 4.69) is 32.6 Å². The number of allylic oxidation sites excluding steroid dienone is 3. The monoisotopic (exact) mass is 307 g/mol. The molecule has 122 valence electrons. The van der Waals surface area contributed by atoms with Crippen LogP contribution in [0, 0.1) is 64.1 Å². The van der Waals surface area contributed by atoms with Crippen LogP contribution < -0.4 is 0 Å². The van der Waals surface area contributed by atoms with Gasteiger partial charge in [-0.15, -0.1) is 0 Å². The van der Waals surface area contributed by atoms with E-state index in [0.29, 0.717) is 11.3 Å². The average molecular weight is 307 g/mol. The molecule has 1 heteroatoms. The molecule has 0 aromatic rings. The van der Waals surface area contributed by atoms with E-state index >= 15 is 0 Å². The minimum Gasteiger partial charge on any atom is -0.198 e. The molecule has 5 rings (SSSR count). The van der Waals surface area contributed by atoms with Gasteiger partial charge >= 0.3 is 0 Å². The largest absolute Gasteiger partial charge is 0.198 e. The van der Waals surface area contributed by atoms with Crippen LogP contribution in [0.1, 0.15) is 52.4 Å². The Morgan fingerprint density at radius 1 is 1.26 bits per heavy atom. The van der Waals surface area contributed by atoms with Crippen molar-refractivity contribution in [2.45, 2.75) is 52.4 Å². The summed E-state index contributed by atoms with van der Waals surface area (Å²) < 4.78 is 0. The summed E-state index contributed by atoms with van der Waals surface area (Å²) in [6, 6.07) is 2.74. The first-order valence-corrected chi connectivity index (χ1v) is 9.82. The van der Waals surface area contributed by atoms with Gasteiger partial charge in [-0.1, -0.05) is 37.6 Å². The number of rotatable bonds is 0. The summed E-state index contributed by atoms with van der Waals surface area (Å²) in [5.74, 6) is 6.27. The molecule has 9 unspecified atom stereocenters. The molecule has 0 aromatic heterocycles. The molecule has 0 heterocycles. The van der Waals surface area contributed by atoms with Crippen LogP contribution in [-0.4, -0.2) is 0 Å². The van der Waals surface area contributed by atoms with Gasteiger partial charge in [-0.05, 0) is 85.4 Å². The van der Waals surface area contributed by atoms with Gasteiger partial charge in [0.15, 0.2) is 0 Å². The molecule has 23 heavy (non-hydrogen) atoms. The quantitative estimate of drug-likeness (QED) is 0.591. The molecule has 5 aliphatic rings. The number of fused-ring (bicyclic) bond motifs is 7. The molecular weight excluding hydrogens is 278 g/mol. The second-order valence-electron chi connectivity index (χ2n) is 9.69. The molecule has 9 atom stereocenters. The molecule has 0 aliphatic heterocycles. The van der Waals surface area contributed by atoms with Gasteiger partial charge in [0, 0.05) is 0 Å². The summed E-state index contributed by atoms with van der Waals surface area (Å²) in [5.41, 5.74) is 3.41. The Labute approximate surface area is 140 Å². The van der Waals surface area contributed by atoms with Crippen molar-refractivity contribution < 1.29 is 0 Å². The molecule has 0 radical (unpaired) electrons. The van der Waals surface area contributed by atoms with Gasteiger partial charge < -0.3 is 0 Å². The summed E-state index contributed by atoms with van der Waals surface area (Å²) in [7, 11) is 0. The fourth-order valence-electron chi connectivity index (χ4n) is 7.86. The average Bonchev–Trinajstić information content (AvgIpc) is 3.22. The highest BCUT2D eigenvalue weighted by atomic mass is 14.7. The summed E-state index contributed by atoms with van der Waals surface area (Å²) in [6.45, 7) is 9.22. The van der Waals surface area contributed by atoms with Crippen LogP contribution in [-0.2, 0) is 0 Å². The van der Waals surface area contributed by atoms with E-state index in [1.165, 1.54) is 44.1 Å². The maximum absolute atomic E-state index is 9.78. The fourth-order valence-corrected chi connectivity index (χ4v) is 7.86. The first kappa shape index (κ1) is 14.3. The van der Waals surface area contributed by atoms with Gasteiger partial charge in [0.1, 0.15) is 0 Å². The molecule has 0 N–H and O–H groups in total. The van der Waals surface area contributed by atoms with Crippen LogP contribution >= 0.6 is 0 Å². The molecule has 5 aliphatic carbocycles. The lowest BCUT2D eigenvalue weighted by Crippen LogP contribution is -2.50. The molecular formula is C22H29N. The van der Waals surface area contributed by atoms with E-state index in [1.54, 1.807) is 5.57 Å². The highest BCUT2D eigenvalue weighted by molar-refractivity contribution is 5.31. The number of hydrogen-bond acceptors (Lipinski definition) is 1. The Balaban J connectivity index is 1.53. The molecule has 4 saturated carbocycles. The molecule has 0 aromatic carbocycles. The highest BCUT2D eigenvalue weighted by Crippen LogP contribution is 2.74. The third-order valence-electron chi connectivity index (χ3n) is 8.69. The Morgan fingerprint density at radius 2 is 2.09 bits per heavy atom. The van der Waals surface area contributed by atoms with Gasteiger partial charge in [-0.3, -0.25) is 0 Å².